The van der Waals surface area contributed by atoms with Gasteiger partial charge < -0.3 is 15.3 Å². The Hall–Kier alpha value is -1.11. The molecule has 0 saturated heterocycles. The quantitative estimate of drug-likeness (QED) is 0.654. The lowest BCUT2D eigenvalue weighted by Crippen LogP contribution is -2.10. The van der Waals surface area contributed by atoms with E-state index >= 15 is 0 Å². The van der Waals surface area contributed by atoms with Crippen LogP contribution in [0.4, 0.5) is 0 Å². The van der Waals surface area contributed by atoms with E-state index in [1.54, 1.807) is 0 Å². The Kier molecular flexibility index (Phi) is 15.2. The van der Waals surface area contributed by atoms with Crippen LogP contribution in [-0.2, 0) is 14.4 Å². The van der Waals surface area contributed by atoms with Crippen molar-refractivity contribution in [2.75, 3.05) is 0 Å². The molecule has 0 aromatic rings. The van der Waals surface area contributed by atoms with Crippen molar-refractivity contribution in [3.63, 3.8) is 0 Å². The van der Waals surface area contributed by atoms with Crippen molar-refractivity contribution >= 4 is 17.3 Å². The molecule has 0 bridgehead atoms. The molecule has 3 N–H and O–H groups in total. The largest absolute Gasteiger partial charge is 0.386 e. The van der Waals surface area contributed by atoms with E-state index < -0.39 is 18.3 Å². The first kappa shape index (κ1) is 22.1. The number of aliphatic hydroxyl groups excluding tert-OH is 3. The van der Waals surface area contributed by atoms with Gasteiger partial charge in [-0.05, 0) is 41.5 Å². The molecule has 0 amide bonds. The summed E-state index contributed by atoms with van der Waals surface area (Å²) in [4.78, 5) is 29.7. The predicted molar refractivity (Wildman–Crippen MR) is 67.1 cm³/mol. The molecule has 1 unspecified atom stereocenters. The number of aliphatic hydroxyl groups is 3. The van der Waals surface area contributed by atoms with E-state index in [9.17, 15) is 14.4 Å². The lowest BCUT2D eigenvalue weighted by Gasteiger charge is -1.90. The molecule has 0 saturated carbocycles. The molecule has 6 nitrogen and oxygen atoms in total. The SMILES string of the molecule is CC(=O)C(C)O.CC(=O)[C@@H](C)O.CC(=O)[C@H](C)O. The van der Waals surface area contributed by atoms with Gasteiger partial charge in [-0.25, -0.2) is 0 Å². The lowest BCUT2D eigenvalue weighted by atomic mass is 10.3. The van der Waals surface area contributed by atoms with E-state index in [-0.39, 0.29) is 17.3 Å². The van der Waals surface area contributed by atoms with E-state index in [1.165, 1.54) is 41.5 Å². The van der Waals surface area contributed by atoms with Gasteiger partial charge >= 0.3 is 0 Å². The maximum Gasteiger partial charge on any atom is 0.157 e. The first-order valence-electron chi connectivity index (χ1n) is 5.49. The highest BCUT2D eigenvalue weighted by molar-refractivity contribution is 5.80. The van der Waals surface area contributed by atoms with Crippen LogP contribution in [0.2, 0.25) is 0 Å². The first-order valence-corrected chi connectivity index (χ1v) is 5.49. The molecular weight excluding hydrogens is 240 g/mol. The Morgan fingerprint density at radius 3 is 0.667 bits per heavy atom. The molecule has 0 radical (unpaired) electrons. The smallest absolute Gasteiger partial charge is 0.157 e. The van der Waals surface area contributed by atoms with Crippen molar-refractivity contribution in [2.24, 2.45) is 0 Å². The van der Waals surface area contributed by atoms with Gasteiger partial charge in [-0.15, -0.1) is 0 Å². The second-order valence-corrected chi connectivity index (χ2v) is 3.86. The molecule has 108 valence electrons. The van der Waals surface area contributed by atoms with Gasteiger partial charge in [0, 0.05) is 0 Å². The van der Waals surface area contributed by atoms with Crippen molar-refractivity contribution in [3.8, 4) is 0 Å². The van der Waals surface area contributed by atoms with Crippen LogP contribution in [0.5, 0.6) is 0 Å². The Balaban J connectivity index is -0.000000187. The Morgan fingerprint density at radius 2 is 0.667 bits per heavy atom. The summed E-state index contributed by atoms with van der Waals surface area (Å²) in [5, 5.41) is 24.8. The average molecular weight is 264 g/mol. The normalized spacial score (nSPS) is 13.8. The maximum absolute atomic E-state index is 9.89. The van der Waals surface area contributed by atoms with Gasteiger partial charge in [0.1, 0.15) is 18.3 Å². The number of rotatable bonds is 3. The molecule has 0 aromatic heterocycles. The highest BCUT2D eigenvalue weighted by Gasteiger charge is 1.98. The lowest BCUT2D eigenvalue weighted by molar-refractivity contribution is -0.124. The van der Waals surface area contributed by atoms with Gasteiger partial charge in [-0.1, -0.05) is 0 Å². The van der Waals surface area contributed by atoms with Crippen molar-refractivity contribution in [1.82, 2.24) is 0 Å². The van der Waals surface area contributed by atoms with E-state index in [2.05, 4.69) is 0 Å². The summed E-state index contributed by atoms with van der Waals surface area (Å²) < 4.78 is 0. The number of ketones is 3. The standard InChI is InChI=1S/3C4H8O2/c3*1-3(5)4(2)6/h3*3,5H,1-2H3/t2*3-;/m10./s1. The summed E-state index contributed by atoms with van der Waals surface area (Å²) >= 11 is 0. The molecule has 0 aliphatic carbocycles. The van der Waals surface area contributed by atoms with Crippen LogP contribution in [-0.4, -0.2) is 51.0 Å². The molecule has 0 aliphatic rings. The Labute approximate surface area is 108 Å². The van der Waals surface area contributed by atoms with Crippen LogP contribution in [0.3, 0.4) is 0 Å². The highest BCUT2D eigenvalue weighted by atomic mass is 16.3. The predicted octanol–water partition coefficient (Wildman–Crippen LogP) is -0.131. The minimum absolute atomic E-state index is 0.185. The van der Waals surface area contributed by atoms with Crippen molar-refractivity contribution in [3.05, 3.63) is 0 Å². The van der Waals surface area contributed by atoms with Gasteiger partial charge in [-0.2, -0.15) is 0 Å². The van der Waals surface area contributed by atoms with Gasteiger partial charge in [0.05, 0.1) is 0 Å². The van der Waals surface area contributed by atoms with Crippen molar-refractivity contribution in [1.29, 1.82) is 0 Å². The summed E-state index contributed by atoms with van der Waals surface area (Å²) in [6.45, 7) is 8.40. The monoisotopic (exact) mass is 264 g/mol. The molecular formula is C12H24O6. The van der Waals surface area contributed by atoms with E-state index in [0.717, 1.165) is 0 Å². The Morgan fingerprint density at radius 1 is 0.611 bits per heavy atom. The summed E-state index contributed by atoms with van der Waals surface area (Å²) in [6.07, 6.45) is -2.36. The van der Waals surface area contributed by atoms with Gasteiger partial charge in [-0.3, -0.25) is 14.4 Å². The summed E-state index contributed by atoms with van der Waals surface area (Å²) in [5.74, 6) is -0.556. The summed E-state index contributed by atoms with van der Waals surface area (Å²) in [5.41, 5.74) is 0. The molecule has 0 spiro atoms. The molecule has 0 aliphatic heterocycles. The third-order valence-corrected chi connectivity index (χ3v) is 1.76. The van der Waals surface area contributed by atoms with E-state index in [0.29, 0.717) is 0 Å². The van der Waals surface area contributed by atoms with E-state index in [4.69, 9.17) is 15.3 Å². The third kappa shape index (κ3) is 24.2. The van der Waals surface area contributed by atoms with Crippen LogP contribution in [0.1, 0.15) is 41.5 Å². The zero-order chi connectivity index (χ0) is 15.5. The Bertz CT molecular complexity index is 212. The fourth-order valence-electron chi connectivity index (χ4n) is 0. The zero-order valence-corrected chi connectivity index (χ0v) is 11.8. The first-order chi connectivity index (χ1) is 7.93. The molecule has 3 atom stereocenters. The third-order valence-electron chi connectivity index (χ3n) is 1.76. The highest BCUT2D eigenvalue weighted by Crippen LogP contribution is 1.77. The molecule has 18 heavy (non-hydrogen) atoms. The number of hydrogen-bond acceptors (Lipinski definition) is 6. The molecule has 6 heteroatoms. The van der Waals surface area contributed by atoms with Gasteiger partial charge in [0.15, 0.2) is 17.3 Å². The molecule has 0 rings (SSSR count). The minimum Gasteiger partial charge on any atom is -0.386 e. The second kappa shape index (κ2) is 12.3. The van der Waals surface area contributed by atoms with Crippen LogP contribution in [0.25, 0.3) is 0 Å². The summed E-state index contributed by atoms with van der Waals surface area (Å²) in [7, 11) is 0. The van der Waals surface area contributed by atoms with Crippen LogP contribution in [0, 0.1) is 0 Å². The van der Waals surface area contributed by atoms with E-state index in [1.807, 2.05) is 0 Å². The number of carbonyl (C=O) groups is 3. The van der Waals surface area contributed by atoms with Crippen molar-refractivity contribution < 1.29 is 29.7 Å². The molecule has 0 fully saturated rings. The fraction of sp³-hybridized carbons (Fsp3) is 0.750. The average Bonchev–Trinajstić information content (AvgIpc) is 2.18. The van der Waals surface area contributed by atoms with Crippen molar-refractivity contribution in [2.45, 2.75) is 59.9 Å². The molecule has 0 heterocycles. The number of Topliss-reactive ketones (excluding diaryl/α,β-unsaturated/α-hetero) is 3. The van der Waals surface area contributed by atoms with Crippen LogP contribution in [0.15, 0.2) is 0 Å². The fourth-order valence-corrected chi connectivity index (χ4v) is 0. The second-order valence-electron chi connectivity index (χ2n) is 3.86. The van der Waals surface area contributed by atoms with Crippen LogP contribution >= 0.6 is 0 Å². The topological polar surface area (TPSA) is 112 Å². The van der Waals surface area contributed by atoms with Crippen LogP contribution < -0.4 is 0 Å². The van der Waals surface area contributed by atoms with Gasteiger partial charge in [0.25, 0.3) is 0 Å². The molecule has 0 aromatic carbocycles. The van der Waals surface area contributed by atoms with Gasteiger partial charge in [0.2, 0.25) is 0 Å². The number of hydrogen-bond donors (Lipinski definition) is 3. The minimum atomic E-state index is -0.787. The number of carbonyl (C=O) groups excluding carboxylic acids is 3. The summed E-state index contributed by atoms with van der Waals surface area (Å²) in [6, 6.07) is 0. The zero-order valence-electron chi connectivity index (χ0n) is 11.8. The maximum atomic E-state index is 9.89.